The fraction of sp³-hybridized carbons (Fsp3) is 0.500. The van der Waals surface area contributed by atoms with Crippen molar-refractivity contribution in [3.8, 4) is 0 Å². The molecule has 1 aliphatic rings. The number of anilines is 1. The van der Waals surface area contributed by atoms with Gasteiger partial charge in [0.2, 0.25) is 0 Å². The molecule has 3 N–H and O–H groups in total. The number of nitrogens with two attached hydrogens (primary N) is 1. The number of piperazine rings is 1. The largest absolute Gasteiger partial charge is 0.336 e. The summed E-state index contributed by atoms with van der Waals surface area (Å²) >= 11 is 0. The van der Waals surface area contributed by atoms with E-state index >= 15 is 0 Å². The van der Waals surface area contributed by atoms with E-state index in [2.05, 4.69) is 24.3 Å². The minimum Gasteiger partial charge on any atom is -0.336 e. The number of hydrogen-bond donors (Lipinski definition) is 2. The average molecular weight is 262 g/mol. The van der Waals surface area contributed by atoms with Crippen LogP contribution in [0.3, 0.4) is 0 Å². The van der Waals surface area contributed by atoms with Gasteiger partial charge in [0.05, 0.1) is 11.3 Å². The normalized spacial score (nSPS) is 20.4. The molecule has 1 fully saturated rings. The highest BCUT2D eigenvalue weighted by Crippen LogP contribution is 2.20. The van der Waals surface area contributed by atoms with Gasteiger partial charge >= 0.3 is 0 Å². The number of benzene rings is 1. The molecular formula is C14H22N4O. The zero-order valence-electron chi connectivity index (χ0n) is 11.8. The molecule has 0 aromatic heterocycles. The Hall–Kier alpha value is -1.59. The number of likely N-dealkylation sites (N-methyl/N-ethyl adjacent to an activating group) is 1. The van der Waals surface area contributed by atoms with Crippen molar-refractivity contribution in [2.24, 2.45) is 5.84 Å². The van der Waals surface area contributed by atoms with Crippen LogP contribution < -0.4 is 11.3 Å². The van der Waals surface area contributed by atoms with Crippen LogP contribution in [0.5, 0.6) is 0 Å². The van der Waals surface area contributed by atoms with Gasteiger partial charge in [-0.05, 0) is 38.6 Å². The number of hydrogen-bond acceptors (Lipinski definition) is 4. The number of amides is 1. The van der Waals surface area contributed by atoms with E-state index in [-0.39, 0.29) is 5.91 Å². The molecule has 0 saturated carbocycles. The van der Waals surface area contributed by atoms with E-state index in [0.717, 1.165) is 25.2 Å². The van der Waals surface area contributed by atoms with Gasteiger partial charge in [-0.2, -0.15) is 0 Å². The van der Waals surface area contributed by atoms with Gasteiger partial charge in [-0.3, -0.25) is 10.6 Å². The van der Waals surface area contributed by atoms with E-state index in [1.807, 2.05) is 30.0 Å². The third-order valence-electron chi connectivity index (χ3n) is 3.81. The molecule has 5 heteroatoms. The molecule has 1 aromatic carbocycles. The van der Waals surface area contributed by atoms with Gasteiger partial charge in [-0.25, -0.2) is 0 Å². The van der Waals surface area contributed by atoms with Crippen LogP contribution >= 0.6 is 0 Å². The summed E-state index contributed by atoms with van der Waals surface area (Å²) in [4.78, 5) is 16.7. The molecule has 1 aromatic rings. The summed E-state index contributed by atoms with van der Waals surface area (Å²) in [6, 6.07) is 6.06. The number of hydrazine groups is 1. The van der Waals surface area contributed by atoms with E-state index in [1.165, 1.54) is 0 Å². The van der Waals surface area contributed by atoms with Gasteiger partial charge < -0.3 is 15.2 Å². The Kier molecular flexibility index (Phi) is 4.07. The summed E-state index contributed by atoms with van der Waals surface area (Å²) in [6.45, 7) is 6.54. The number of carbonyl (C=O) groups is 1. The molecule has 104 valence electrons. The standard InChI is InChI=1S/C14H22N4O/c1-10-4-5-12(13(8-10)16-15)14(19)18-7-6-17(3)11(2)9-18/h4-5,8,11,16H,6-7,9,15H2,1-3H3. The minimum absolute atomic E-state index is 0.0490. The summed E-state index contributed by atoms with van der Waals surface area (Å²) in [6.07, 6.45) is 0. The predicted octanol–water partition coefficient (Wildman–Crippen LogP) is 1.06. The maximum Gasteiger partial charge on any atom is 0.256 e. The van der Waals surface area contributed by atoms with Gasteiger partial charge in [0.1, 0.15) is 0 Å². The molecule has 1 heterocycles. The molecule has 0 bridgehead atoms. The van der Waals surface area contributed by atoms with E-state index in [9.17, 15) is 4.79 Å². The van der Waals surface area contributed by atoms with Crippen LogP contribution in [0.15, 0.2) is 18.2 Å². The van der Waals surface area contributed by atoms with Crippen molar-refractivity contribution in [2.75, 3.05) is 32.1 Å². The average Bonchev–Trinajstić information content (AvgIpc) is 2.41. The Morgan fingerprint density at radius 1 is 1.42 bits per heavy atom. The van der Waals surface area contributed by atoms with Crippen molar-refractivity contribution < 1.29 is 4.79 Å². The van der Waals surface area contributed by atoms with Crippen molar-refractivity contribution in [1.82, 2.24) is 9.80 Å². The molecule has 19 heavy (non-hydrogen) atoms. The van der Waals surface area contributed by atoms with Crippen LogP contribution in [0.1, 0.15) is 22.8 Å². The summed E-state index contributed by atoms with van der Waals surface area (Å²) < 4.78 is 0. The molecule has 5 nitrogen and oxygen atoms in total. The van der Waals surface area contributed by atoms with E-state index in [4.69, 9.17) is 5.84 Å². The zero-order valence-corrected chi connectivity index (χ0v) is 11.8. The number of nitrogens with zero attached hydrogens (tertiary/aromatic N) is 2. The summed E-state index contributed by atoms with van der Waals surface area (Å²) in [5.74, 6) is 5.56. The second-order valence-corrected chi connectivity index (χ2v) is 5.27. The zero-order chi connectivity index (χ0) is 14.0. The van der Waals surface area contributed by atoms with Crippen molar-refractivity contribution in [1.29, 1.82) is 0 Å². The predicted molar refractivity (Wildman–Crippen MR) is 77.0 cm³/mol. The lowest BCUT2D eigenvalue weighted by Crippen LogP contribution is -2.52. The quantitative estimate of drug-likeness (QED) is 0.618. The smallest absolute Gasteiger partial charge is 0.256 e. The topological polar surface area (TPSA) is 61.6 Å². The number of rotatable bonds is 2. The SMILES string of the molecule is Cc1ccc(C(=O)N2CCN(C)C(C)C2)c(NN)c1. The molecule has 2 rings (SSSR count). The molecule has 0 spiro atoms. The number of aryl methyl sites for hydroxylation is 1. The van der Waals surface area contributed by atoms with Crippen LogP contribution in [0.2, 0.25) is 0 Å². The Balaban J connectivity index is 2.20. The number of nitrogen functional groups attached to an aromatic ring is 1. The van der Waals surface area contributed by atoms with Gasteiger partial charge in [-0.15, -0.1) is 0 Å². The summed E-state index contributed by atoms with van der Waals surface area (Å²) in [7, 11) is 2.09. The van der Waals surface area contributed by atoms with Gasteiger partial charge in [-0.1, -0.05) is 6.07 Å². The van der Waals surface area contributed by atoms with Crippen LogP contribution in [0, 0.1) is 6.92 Å². The van der Waals surface area contributed by atoms with Gasteiger partial charge in [0, 0.05) is 25.7 Å². The lowest BCUT2D eigenvalue weighted by molar-refractivity contribution is 0.0573. The molecular weight excluding hydrogens is 240 g/mol. The van der Waals surface area contributed by atoms with Crippen LogP contribution in [-0.4, -0.2) is 48.4 Å². The molecule has 1 atom stereocenters. The highest BCUT2D eigenvalue weighted by molar-refractivity contribution is 5.99. The van der Waals surface area contributed by atoms with Crippen molar-refractivity contribution in [3.63, 3.8) is 0 Å². The first-order valence-corrected chi connectivity index (χ1v) is 6.59. The van der Waals surface area contributed by atoms with Crippen LogP contribution in [0.25, 0.3) is 0 Å². The van der Waals surface area contributed by atoms with Crippen molar-refractivity contribution in [3.05, 3.63) is 29.3 Å². The van der Waals surface area contributed by atoms with E-state index in [0.29, 0.717) is 17.3 Å². The fourth-order valence-electron chi connectivity index (χ4n) is 2.37. The first-order chi connectivity index (χ1) is 9.02. The maximum atomic E-state index is 12.6. The fourth-order valence-corrected chi connectivity index (χ4v) is 2.37. The monoisotopic (exact) mass is 262 g/mol. The second-order valence-electron chi connectivity index (χ2n) is 5.27. The van der Waals surface area contributed by atoms with Crippen molar-refractivity contribution >= 4 is 11.6 Å². The highest BCUT2D eigenvalue weighted by Gasteiger charge is 2.26. The summed E-state index contributed by atoms with van der Waals surface area (Å²) in [5, 5.41) is 0. The van der Waals surface area contributed by atoms with Crippen LogP contribution in [0.4, 0.5) is 5.69 Å². The second kappa shape index (κ2) is 5.59. The Labute approximate surface area is 114 Å². The minimum atomic E-state index is 0.0490. The summed E-state index contributed by atoms with van der Waals surface area (Å²) in [5.41, 5.74) is 5.03. The third-order valence-corrected chi connectivity index (χ3v) is 3.81. The highest BCUT2D eigenvalue weighted by atomic mass is 16.2. The Morgan fingerprint density at radius 2 is 2.16 bits per heavy atom. The Bertz CT molecular complexity index is 475. The van der Waals surface area contributed by atoms with Crippen LogP contribution in [-0.2, 0) is 0 Å². The van der Waals surface area contributed by atoms with Crippen molar-refractivity contribution in [2.45, 2.75) is 19.9 Å². The lowest BCUT2D eigenvalue weighted by Gasteiger charge is -2.37. The van der Waals surface area contributed by atoms with E-state index in [1.54, 1.807) is 0 Å². The lowest BCUT2D eigenvalue weighted by atomic mass is 10.1. The van der Waals surface area contributed by atoms with Gasteiger partial charge in [0.15, 0.2) is 0 Å². The molecule has 0 radical (unpaired) electrons. The molecule has 0 aliphatic carbocycles. The number of nitrogens with one attached hydrogen (secondary N) is 1. The molecule has 1 aliphatic heterocycles. The molecule has 1 unspecified atom stereocenters. The maximum absolute atomic E-state index is 12.6. The third kappa shape index (κ3) is 2.88. The molecule has 1 saturated heterocycles. The van der Waals surface area contributed by atoms with Gasteiger partial charge in [0.25, 0.3) is 5.91 Å². The number of carbonyl (C=O) groups excluding carboxylic acids is 1. The Morgan fingerprint density at radius 3 is 2.79 bits per heavy atom. The van der Waals surface area contributed by atoms with E-state index < -0.39 is 0 Å². The first kappa shape index (κ1) is 13.8. The molecule has 1 amide bonds. The first-order valence-electron chi connectivity index (χ1n) is 6.59.